The average molecular weight is 257 g/mol. The van der Waals surface area contributed by atoms with Crippen LogP contribution in [0.2, 0.25) is 0 Å². The third-order valence-electron chi connectivity index (χ3n) is 3.59. The van der Waals surface area contributed by atoms with E-state index in [9.17, 15) is 0 Å². The first-order valence-electron chi connectivity index (χ1n) is 7.08. The van der Waals surface area contributed by atoms with Crippen LogP contribution >= 0.6 is 0 Å². The Hall–Kier alpha value is -1.70. The molecule has 2 nitrogen and oxygen atoms in total. The maximum Gasteiger partial charge on any atom is 0.105 e. The lowest BCUT2D eigenvalue weighted by Crippen LogP contribution is -2.17. The lowest BCUT2D eigenvalue weighted by atomic mass is 9.98. The molecule has 2 atom stereocenters. The highest BCUT2D eigenvalue weighted by molar-refractivity contribution is 5.46. The molecule has 19 heavy (non-hydrogen) atoms. The quantitative estimate of drug-likeness (QED) is 0.801. The number of hydrogen-bond donors (Lipinski definition) is 1. The Kier molecular flexibility index (Phi) is 4.67. The highest BCUT2D eigenvalue weighted by Crippen LogP contribution is 2.21. The largest absolute Gasteiger partial charge is 0.469 e. The first-order chi connectivity index (χ1) is 9.19. The molecule has 2 heteroatoms. The predicted octanol–water partition coefficient (Wildman–Crippen LogP) is 4.84. The van der Waals surface area contributed by atoms with Gasteiger partial charge in [0, 0.05) is 18.2 Å². The van der Waals surface area contributed by atoms with E-state index in [2.05, 4.69) is 50.4 Å². The highest BCUT2D eigenvalue weighted by atomic mass is 16.3. The molecule has 0 radical (unpaired) electrons. The van der Waals surface area contributed by atoms with Gasteiger partial charge < -0.3 is 9.73 Å². The summed E-state index contributed by atoms with van der Waals surface area (Å²) in [6.07, 6.45) is 3.81. The molecular formula is C17H23NO. The Morgan fingerprint density at radius 1 is 1.11 bits per heavy atom. The van der Waals surface area contributed by atoms with Crippen LogP contribution < -0.4 is 5.32 Å². The molecule has 1 aromatic heterocycles. The topological polar surface area (TPSA) is 25.2 Å². The van der Waals surface area contributed by atoms with Crippen LogP contribution in [0.3, 0.4) is 0 Å². The van der Waals surface area contributed by atoms with Crippen LogP contribution in [0.4, 0.5) is 5.69 Å². The monoisotopic (exact) mass is 257 g/mol. The Morgan fingerprint density at radius 2 is 1.84 bits per heavy atom. The van der Waals surface area contributed by atoms with Gasteiger partial charge in [-0.1, -0.05) is 26.0 Å². The molecular weight excluding hydrogens is 234 g/mol. The summed E-state index contributed by atoms with van der Waals surface area (Å²) in [6.45, 7) is 6.66. The van der Waals surface area contributed by atoms with Crippen LogP contribution in [-0.4, -0.2) is 6.04 Å². The van der Waals surface area contributed by atoms with E-state index in [1.54, 1.807) is 6.26 Å². The number of rotatable bonds is 6. The van der Waals surface area contributed by atoms with Gasteiger partial charge >= 0.3 is 0 Å². The molecule has 0 fully saturated rings. The maximum absolute atomic E-state index is 5.37. The van der Waals surface area contributed by atoms with Gasteiger partial charge in [0.05, 0.1) is 6.26 Å². The van der Waals surface area contributed by atoms with Gasteiger partial charge in [-0.3, -0.25) is 0 Å². The third kappa shape index (κ3) is 3.88. The Labute approximate surface area is 115 Å². The van der Waals surface area contributed by atoms with Crippen LogP contribution in [-0.2, 0) is 6.42 Å². The van der Waals surface area contributed by atoms with Crippen molar-refractivity contribution in [3.8, 4) is 0 Å². The molecule has 2 unspecified atom stereocenters. The minimum atomic E-state index is 0.362. The Bertz CT molecular complexity index is 472. The van der Waals surface area contributed by atoms with E-state index in [-0.39, 0.29) is 0 Å². The van der Waals surface area contributed by atoms with E-state index >= 15 is 0 Å². The molecule has 0 saturated carbocycles. The van der Waals surface area contributed by atoms with Crippen molar-refractivity contribution in [3.63, 3.8) is 0 Å². The van der Waals surface area contributed by atoms with Gasteiger partial charge in [-0.05, 0) is 49.1 Å². The van der Waals surface area contributed by atoms with E-state index in [4.69, 9.17) is 4.42 Å². The smallest absolute Gasteiger partial charge is 0.105 e. The van der Waals surface area contributed by atoms with E-state index in [0.29, 0.717) is 12.0 Å². The highest BCUT2D eigenvalue weighted by Gasteiger charge is 2.06. The molecule has 0 aliphatic heterocycles. The van der Waals surface area contributed by atoms with Crippen LogP contribution in [0.5, 0.6) is 0 Å². The molecule has 0 aliphatic carbocycles. The third-order valence-corrected chi connectivity index (χ3v) is 3.59. The van der Waals surface area contributed by atoms with Gasteiger partial charge in [0.1, 0.15) is 5.76 Å². The van der Waals surface area contributed by atoms with Gasteiger partial charge in [0.25, 0.3) is 0 Å². The summed E-state index contributed by atoms with van der Waals surface area (Å²) in [4.78, 5) is 0. The van der Waals surface area contributed by atoms with E-state index in [1.807, 2.05) is 12.1 Å². The van der Waals surface area contributed by atoms with Gasteiger partial charge in [-0.2, -0.15) is 0 Å². The Balaban J connectivity index is 1.92. The number of furan rings is 1. The van der Waals surface area contributed by atoms with E-state index in [0.717, 1.165) is 12.2 Å². The fourth-order valence-corrected chi connectivity index (χ4v) is 2.21. The summed E-state index contributed by atoms with van der Waals surface area (Å²) in [5.41, 5.74) is 2.58. The minimum Gasteiger partial charge on any atom is -0.469 e. The summed E-state index contributed by atoms with van der Waals surface area (Å²) in [5.74, 6) is 1.66. The fourth-order valence-electron chi connectivity index (χ4n) is 2.21. The van der Waals surface area contributed by atoms with Gasteiger partial charge in [0.2, 0.25) is 0 Å². The molecule has 0 spiro atoms. The Morgan fingerprint density at radius 3 is 2.42 bits per heavy atom. The number of hydrogen-bond acceptors (Lipinski definition) is 2. The van der Waals surface area contributed by atoms with Gasteiger partial charge in [0.15, 0.2) is 0 Å². The summed E-state index contributed by atoms with van der Waals surface area (Å²) < 4.78 is 5.37. The first-order valence-corrected chi connectivity index (χ1v) is 7.08. The van der Waals surface area contributed by atoms with Crippen molar-refractivity contribution < 1.29 is 4.42 Å². The van der Waals surface area contributed by atoms with Gasteiger partial charge in [-0.25, -0.2) is 0 Å². The molecule has 1 aromatic carbocycles. The van der Waals surface area contributed by atoms with E-state index in [1.165, 1.54) is 17.7 Å². The molecule has 2 aromatic rings. The first kappa shape index (κ1) is 13.7. The number of benzene rings is 1. The van der Waals surface area contributed by atoms with E-state index < -0.39 is 0 Å². The molecule has 1 heterocycles. The second kappa shape index (κ2) is 6.46. The van der Waals surface area contributed by atoms with Crippen LogP contribution in [0.25, 0.3) is 0 Å². The maximum atomic E-state index is 5.37. The molecule has 102 valence electrons. The molecule has 0 amide bonds. The molecule has 0 saturated heterocycles. The van der Waals surface area contributed by atoms with Crippen molar-refractivity contribution in [1.82, 2.24) is 0 Å². The van der Waals surface area contributed by atoms with Crippen molar-refractivity contribution >= 4 is 5.69 Å². The van der Waals surface area contributed by atoms with Gasteiger partial charge in [-0.15, -0.1) is 0 Å². The van der Waals surface area contributed by atoms with Crippen molar-refractivity contribution in [3.05, 3.63) is 54.0 Å². The standard InChI is InChI=1S/C17H23NO/c1-4-13(2)15-7-9-16(10-8-15)18-14(3)12-17-6-5-11-19-17/h5-11,13-14,18H,4,12H2,1-3H3. The second-order valence-electron chi connectivity index (χ2n) is 5.26. The predicted molar refractivity (Wildman–Crippen MR) is 80.6 cm³/mol. The summed E-state index contributed by atoms with van der Waals surface area (Å²) in [5, 5.41) is 3.50. The fraction of sp³-hybridized carbons (Fsp3) is 0.412. The van der Waals surface area contributed by atoms with Crippen LogP contribution in [0.15, 0.2) is 47.1 Å². The normalized spacial score (nSPS) is 14.1. The summed E-state index contributed by atoms with van der Waals surface area (Å²) >= 11 is 0. The lowest BCUT2D eigenvalue weighted by molar-refractivity contribution is 0.498. The van der Waals surface area contributed by atoms with Crippen molar-refractivity contribution in [2.24, 2.45) is 0 Å². The van der Waals surface area contributed by atoms with Crippen molar-refractivity contribution in [1.29, 1.82) is 0 Å². The zero-order valence-corrected chi connectivity index (χ0v) is 12.0. The average Bonchev–Trinajstić information content (AvgIpc) is 2.91. The summed E-state index contributed by atoms with van der Waals surface area (Å²) in [6, 6.07) is 13.1. The summed E-state index contributed by atoms with van der Waals surface area (Å²) in [7, 11) is 0. The SMILES string of the molecule is CCC(C)c1ccc(NC(C)Cc2ccco2)cc1. The number of anilines is 1. The second-order valence-corrected chi connectivity index (χ2v) is 5.26. The van der Waals surface area contributed by atoms with Crippen LogP contribution in [0.1, 0.15) is 44.4 Å². The zero-order valence-electron chi connectivity index (χ0n) is 12.0. The molecule has 2 rings (SSSR count). The molecule has 0 bridgehead atoms. The zero-order chi connectivity index (χ0) is 13.7. The van der Waals surface area contributed by atoms with Crippen molar-refractivity contribution in [2.45, 2.75) is 45.6 Å². The van der Waals surface area contributed by atoms with Crippen LogP contribution in [0, 0.1) is 0 Å². The molecule has 0 aliphatic rings. The van der Waals surface area contributed by atoms with Crippen molar-refractivity contribution in [2.75, 3.05) is 5.32 Å². The molecule has 1 N–H and O–H groups in total. The lowest BCUT2D eigenvalue weighted by Gasteiger charge is -2.15. The minimum absolute atomic E-state index is 0.362. The number of nitrogens with one attached hydrogen (secondary N) is 1.